The fraction of sp³-hybridized carbons (Fsp3) is 0.0455. The highest BCUT2D eigenvalue weighted by Gasteiger charge is 2.10. The van der Waals surface area contributed by atoms with Crippen LogP contribution in [0.1, 0.15) is 15.9 Å². The number of fused-ring (bicyclic) bond motifs is 1. The van der Waals surface area contributed by atoms with Gasteiger partial charge in [0.25, 0.3) is 5.91 Å². The summed E-state index contributed by atoms with van der Waals surface area (Å²) in [6, 6.07) is 19.8. The van der Waals surface area contributed by atoms with Crippen LogP contribution in [0.25, 0.3) is 21.6 Å². The van der Waals surface area contributed by atoms with E-state index in [1.807, 2.05) is 41.0 Å². The van der Waals surface area contributed by atoms with Crippen molar-refractivity contribution in [2.24, 2.45) is 0 Å². The molecule has 0 bridgehead atoms. The number of nitrogens with one attached hydrogen (secondary N) is 1. The van der Waals surface area contributed by atoms with Gasteiger partial charge in [0, 0.05) is 11.3 Å². The SMILES string of the molecule is [C-]#[N+]c1ccc(COc2ccc(-n3cnc4ccc(C(=O)NO)cc43)cc2)cc1. The lowest BCUT2D eigenvalue weighted by atomic mass is 10.2. The van der Waals surface area contributed by atoms with Crippen LogP contribution in [0.4, 0.5) is 5.69 Å². The molecule has 1 amide bonds. The highest BCUT2D eigenvalue weighted by atomic mass is 16.5. The molecule has 0 radical (unpaired) electrons. The smallest absolute Gasteiger partial charge is 0.274 e. The topological polar surface area (TPSA) is 80.7 Å². The molecule has 0 fully saturated rings. The van der Waals surface area contributed by atoms with E-state index in [1.165, 1.54) is 0 Å². The van der Waals surface area contributed by atoms with Gasteiger partial charge in [-0.3, -0.25) is 14.6 Å². The van der Waals surface area contributed by atoms with Crippen molar-refractivity contribution in [3.05, 3.63) is 95.6 Å². The van der Waals surface area contributed by atoms with Crippen LogP contribution in [0.15, 0.2) is 73.1 Å². The maximum atomic E-state index is 11.7. The molecule has 7 nitrogen and oxygen atoms in total. The third-order valence-corrected chi connectivity index (χ3v) is 4.50. The normalized spacial score (nSPS) is 10.5. The second-order valence-corrected chi connectivity index (χ2v) is 6.32. The van der Waals surface area contributed by atoms with Gasteiger partial charge >= 0.3 is 0 Å². The van der Waals surface area contributed by atoms with E-state index in [4.69, 9.17) is 16.5 Å². The van der Waals surface area contributed by atoms with E-state index in [0.717, 1.165) is 22.3 Å². The molecule has 0 aliphatic rings. The third kappa shape index (κ3) is 3.78. The molecule has 0 saturated carbocycles. The zero-order valence-electron chi connectivity index (χ0n) is 15.2. The maximum Gasteiger partial charge on any atom is 0.274 e. The molecule has 0 spiro atoms. The van der Waals surface area contributed by atoms with Gasteiger partial charge < -0.3 is 4.74 Å². The average molecular weight is 384 g/mol. The molecule has 0 saturated heterocycles. The minimum atomic E-state index is -0.576. The Kier molecular flexibility index (Phi) is 4.93. The minimum Gasteiger partial charge on any atom is -0.489 e. The predicted molar refractivity (Wildman–Crippen MR) is 107 cm³/mol. The molecule has 0 aliphatic carbocycles. The fourth-order valence-corrected chi connectivity index (χ4v) is 2.96. The lowest BCUT2D eigenvalue weighted by Gasteiger charge is -2.09. The van der Waals surface area contributed by atoms with E-state index in [9.17, 15) is 4.79 Å². The average Bonchev–Trinajstić information content (AvgIpc) is 3.21. The van der Waals surface area contributed by atoms with Gasteiger partial charge in [-0.05, 0) is 48.0 Å². The molecule has 1 aromatic heterocycles. The molecule has 4 aromatic rings. The van der Waals surface area contributed by atoms with Crippen LogP contribution in [-0.2, 0) is 6.61 Å². The molecule has 2 N–H and O–H groups in total. The van der Waals surface area contributed by atoms with E-state index in [1.54, 1.807) is 42.1 Å². The molecule has 7 heteroatoms. The molecule has 4 rings (SSSR count). The fourth-order valence-electron chi connectivity index (χ4n) is 2.96. The van der Waals surface area contributed by atoms with Crippen molar-refractivity contribution in [1.82, 2.24) is 15.0 Å². The molecule has 142 valence electrons. The summed E-state index contributed by atoms with van der Waals surface area (Å²) in [6.07, 6.45) is 1.68. The molecular formula is C22H16N4O3. The van der Waals surface area contributed by atoms with Gasteiger partial charge in [-0.2, -0.15) is 0 Å². The van der Waals surface area contributed by atoms with Crippen molar-refractivity contribution in [2.45, 2.75) is 6.61 Å². The standard InChI is InChI=1S/C22H16N4O3/c1-23-17-5-2-15(3-6-17)13-29-19-9-7-18(8-10-19)26-14-24-20-11-4-16(12-21(20)26)22(27)25-28/h2-12,14,28H,13H2,(H,25,27). The molecule has 0 aliphatic heterocycles. The van der Waals surface area contributed by atoms with Gasteiger partial charge in [0.2, 0.25) is 0 Å². The first-order valence-electron chi connectivity index (χ1n) is 8.79. The summed E-state index contributed by atoms with van der Waals surface area (Å²) in [6.45, 7) is 7.39. The summed E-state index contributed by atoms with van der Waals surface area (Å²) in [5.74, 6) is 0.139. The first-order chi connectivity index (χ1) is 14.2. The van der Waals surface area contributed by atoms with E-state index < -0.39 is 5.91 Å². The Morgan fingerprint density at radius 3 is 2.55 bits per heavy atom. The zero-order valence-corrected chi connectivity index (χ0v) is 15.2. The van der Waals surface area contributed by atoms with Crippen molar-refractivity contribution in [3.63, 3.8) is 0 Å². The van der Waals surface area contributed by atoms with Gasteiger partial charge in [-0.25, -0.2) is 15.3 Å². The van der Waals surface area contributed by atoms with Crippen LogP contribution >= 0.6 is 0 Å². The van der Waals surface area contributed by atoms with Gasteiger partial charge in [-0.1, -0.05) is 24.3 Å². The van der Waals surface area contributed by atoms with Crippen molar-refractivity contribution < 1.29 is 14.7 Å². The lowest BCUT2D eigenvalue weighted by Crippen LogP contribution is -2.18. The first-order valence-corrected chi connectivity index (χ1v) is 8.79. The lowest BCUT2D eigenvalue weighted by molar-refractivity contribution is 0.0706. The summed E-state index contributed by atoms with van der Waals surface area (Å²) in [5, 5.41) is 8.84. The number of rotatable bonds is 5. The largest absolute Gasteiger partial charge is 0.489 e. The van der Waals surface area contributed by atoms with Crippen molar-refractivity contribution in [2.75, 3.05) is 0 Å². The number of nitrogens with zero attached hydrogens (tertiary/aromatic N) is 3. The second kappa shape index (κ2) is 7.84. The number of aromatic nitrogens is 2. The number of carbonyl (C=O) groups is 1. The number of ether oxygens (including phenoxy) is 1. The highest BCUT2D eigenvalue weighted by molar-refractivity contribution is 5.96. The van der Waals surface area contributed by atoms with Crippen LogP contribution < -0.4 is 10.2 Å². The Morgan fingerprint density at radius 2 is 1.86 bits per heavy atom. The molecule has 0 atom stereocenters. The van der Waals surface area contributed by atoms with E-state index >= 15 is 0 Å². The Labute approximate surface area is 166 Å². The monoisotopic (exact) mass is 384 g/mol. The quantitative estimate of drug-likeness (QED) is 0.306. The zero-order chi connectivity index (χ0) is 20.2. The number of hydrogen-bond acceptors (Lipinski definition) is 4. The summed E-state index contributed by atoms with van der Waals surface area (Å²) < 4.78 is 7.66. The van der Waals surface area contributed by atoms with Crippen molar-refractivity contribution in [3.8, 4) is 11.4 Å². The van der Waals surface area contributed by atoms with Crippen molar-refractivity contribution in [1.29, 1.82) is 0 Å². The van der Waals surface area contributed by atoms with E-state index in [2.05, 4.69) is 9.83 Å². The summed E-state index contributed by atoms with van der Waals surface area (Å²) >= 11 is 0. The van der Waals surface area contributed by atoms with E-state index in [-0.39, 0.29) is 0 Å². The summed E-state index contributed by atoms with van der Waals surface area (Å²) in [5.41, 5.74) is 5.92. The number of hydrogen-bond donors (Lipinski definition) is 2. The van der Waals surface area contributed by atoms with Crippen molar-refractivity contribution >= 4 is 22.6 Å². The van der Waals surface area contributed by atoms with Gasteiger partial charge in [0.1, 0.15) is 18.7 Å². The number of imidazole rings is 1. The number of amides is 1. The Hall–Kier alpha value is -4.15. The molecule has 1 heterocycles. The van der Waals surface area contributed by atoms with Gasteiger partial charge in [0.15, 0.2) is 5.69 Å². The third-order valence-electron chi connectivity index (χ3n) is 4.50. The molecule has 3 aromatic carbocycles. The summed E-state index contributed by atoms with van der Waals surface area (Å²) in [7, 11) is 0. The van der Waals surface area contributed by atoms with Crippen LogP contribution in [0.5, 0.6) is 5.75 Å². The van der Waals surface area contributed by atoms with Crippen LogP contribution in [-0.4, -0.2) is 20.7 Å². The maximum absolute atomic E-state index is 11.7. The second-order valence-electron chi connectivity index (χ2n) is 6.32. The van der Waals surface area contributed by atoms with Gasteiger partial charge in [0.05, 0.1) is 17.6 Å². The van der Waals surface area contributed by atoms with Crippen LogP contribution in [0.2, 0.25) is 0 Å². The Morgan fingerprint density at radius 1 is 1.10 bits per heavy atom. The minimum absolute atomic E-state index is 0.339. The highest BCUT2D eigenvalue weighted by Crippen LogP contribution is 2.22. The Balaban J connectivity index is 1.53. The number of benzene rings is 3. The summed E-state index contributed by atoms with van der Waals surface area (Å²) in [4.78, 5) is 19.4. The number of carbonyl (C=O) groups excluding carboxylic acids is 1. The predicted octanol–water partition coefficient (Wildman–Crippen LogP) is 4.27. The number of hydroxylamine groups is 1. The van der Waals surface area contributed by atoms with Gasteiger partial charge in [-0.15, -0.1) is 0 Å². The molecule has 29 heavy (non-hydrogen) atoms. The van der Waals surface area contributed by atoms with Crippen LogP contribution in [0, 0.1) is 6.57 Å². The Bertz CT molecular complexity index is 1210. The van der Waals surface area contributed by atoms with E-state index in [0.29, 0.717) is 23.6 Å². The molecular weight excluding hydrogens is 368 g/mol. The van der Waals surface area contributed by atoms with Crippen LogP contribution in [0.3, 0.4) is 0 Å². The molecule has 0 unspecified atom stereocenters. The first kappa shape index (κ1) is 18.2.